The Labute approximate surface area is 79.2 Å². The average molecular weight is 194 g/mol. The fraction of sp³-hybridized carbons (Fsp3) is 0.286. The van der Waals surface area contributed by atoms with Gasteiger partial charge in [-0.15, -0.1) is 0 Å². The molecular formula is C7H10N6O. The Bertz CT molecular complexity index is 466. The third-order valence-electron chi connectivity index (χ3n) is 1.84. The molecule has 0 amide bonds. The standard InChI is InChI=1S/C7H10N6O/c8-6-3-10-13(4-6)2-1-12-5-9-11-7(12)14/h3-5H,1-2,8H2,(H,11,14). The van der Waals surface area contributed by atoms with Crippen molar-refractivity contribution in [2.45, 2.75) is 13.1 Å². The van der Waals surface area contributed by atoms with Gasteiger partial charge in [0.1, 0.15) is 6.33 Å². The van der Waals surface area contributed by atoms with Gasteiger partial charge in [-0.2, -0.15) is 10.2 Å². The van der Waals surface area contributed by atoms with E-state index in [0.717, 1.165) is 0 Å². The normalized spacial score (nSPS) is 10.6. The molecule has 0 fully saturated rings. The number of rotatable bonds is 3. The van der Waals surface area contributed by atoms with Gasteiger partial charge in [-0.05, 0) is 0 Å². The summed E-state index contributed by atoms with van der Waals surface area (Å²) in [6.45, 7) is 1.12. The maximum Gasteiger partial charge on any atom is 0.343 e. The van der Waals surface area contributed by atoms with Crippen molar-refractivity contribution in [2.75, 3.05) is 5.73 Å². The molecule has 2 heterocycles. The van der Waals surface area contributed by atoms with Crippen LogP contribution in [0, 0.1) is 0 Å². The van der Waals surface area contributed by atoms with Gasteiger partial charge in [-0.1, -0.05) is 0 Å². The highest BCUT2D eigenvalue weighted by Crippen LogP contribution is 1.97. The zero-order valence-corrected chi connectivity index (χ0v) is 7.42. The topological polar surface area (TPSA) is 94.5 Å². The molecule has 7 nitrogen and oxygen atoms in total. The van der Waals surface area contributed by atoms with Gasteiger partial charge in [-0.25, -0.2) is 9.89 Å². The highest BCUT2D eigenvalue weighted by molar-refractivity contribution is 5.30. The molecule has 2 rings (SSSR count). The van der Waals surface area contributed by atoms with Gasteiger partial charge in [0.15, 0.2) is 0 Å². The number of nitrogens with zero attached hydrogens (tertiary/aromatic N) is 4. The second kappa shape index (κ2) is 3.36. The van der Waals surface area contributed by atoms with Crippen molar-refractivity contribution in [1.29, 1.82) is 0 Å². The van der Waals surface area contributed by atoms with E-state index in [1.165, 1.54) is 10.9 Å². The molecule has 0 radical (unpaired) electrons. The first-order valence-corrected chi connectivity index (χ1v) is 4.13. The molecule has 14 heavy (non-hydrogen) atoms. The van der Waals surface area contributed by atoms with Gasteiger partial charge in [0.2, 0.25) is 0 Å². The van der Waals surface area contributed by atoms with Crippen LogP contribution in [0.3, 0.4) is 0 Å². The van der Waals surface area contributed by atoms with E-state index >= 15 is 0 Å². The van der Waals surface area contributed by atoms with Crippen molar-refractivity contribution in [1.82, 2.24) is 24.5 Å². The van der Waals surface area contributed by atoms with E-state index in [2.05, 4.69) is 15.3 Å². The van der Waals surface area contributed by atoms with Crippen molar-refractivity contribution in [2.24, 2.45) is 0 Å². The zero-order chi connectivity index (χ0) is 9.97. The minimum absolute atomic E-state index is 0.217. The maximum absolute atomic E-state index is 11.0. The van der Waals surface area contributed by atoms with Crippen LogP contribution in [0.25, 0.3) is 0 Å². The summed E-state index contributed by atoms with van der Waals surface area (Å²) >= 11 is 0. The predicted octanol–water partition coefficient (Wildman–Crippen LogP) is -0.950. The minimum Gasteiger partial charge on any atom is -0.396 e. The van der Waals surface area contributed by atoms with Crippen molar-refractivity contribution in [3.05, 3.63) is 29.2 Å². The van der Waals surface area contributed by atoms with Gasteiger partial charge < -0.3 is 5.73 Å². The monoisotopic (exact) mass is 194 g/mol. The zero-order valence-electron chi connectivity index (χ0n) is 7.42. The molecule has 0 aliphatic carbocycles. The summed E-state index contributed by atoms with van der Waals surface area (Å²) in [6, 6.07) is 0. The second-order valence-electron chi connectivity index (χ2n) is 2.89. The van der Waals surface area contributed by atoms with Gasteiger partial charge in [-0.3, -0.25) is 9.25 Å². The Morgan fingerprint density at radius 2 is 2.36 bits per heavy atom. The van der Waals surface area contributed by atoms with E-state index in [1.807, 2.05) is 0 Å². The molecule has 3 N–H and O–H groups in total. The Morgan fingerprint density at radius 3 is 2.93 bits per heavy atom. The van der Waals surface area contributed by atoms with E-state index in [0.29, 0.717) is 18.8 Å². The van der Waals surface area contributed by atoms with Crippen LogP contribution in [0.1, 0.15) is 0 Å². The Kier molecular flexibility index (Phi) is 2.05. The number of hydrogen-bond acceptors (Lipinski definition) is 4. The number of H-pyrrole nitrogens is 1. The van der Waals surface area contributed by atoms with Crippen molar-refractivity contribution in [3.8, 4) is 0 Å². The molecule has 2 aromatic rings. The molecule has 0 atom stereocenters. The summed E-state index contributed by atoms with van der Waals surface area (Å²) in [5.41, 5.74) is 5.88. The summed E-state index contributed by atoms with van der Waals surface area (Å²) in [6.07, 6.45) is 4.73. The summed E-state index contributed by atoms with van der Waals surface area (Å²) in [7, 11) is 0. The number of aryl methyl sites for hydroxylation is 2. The third-order valence-corrected chi connectivity index (χ3v) is 1.84. The Morgan fingerprint density at radius 1 is 1.50 bits per heavy atom. The average Bonchev–Trinajstić information content (AvgIpc) is 2.72. The maximum atomic E-state index is 11.0. The molecule has 74 valence electrons. The summed E-state index contributed by atoms with van der Waals surface area (Å²) in [4.78, 5) is 11.0. The summed E-state index contributed by atoms with van der Waals surface area (Å²) in [5, 5.41) is 9.91. The van der Waals surface area contributed by atoms with Crippen LogP contribution in [-0.2, 0) is 13.1 Å². The highest BCUT2D eigenvalue weighted by Gasteiger charge is 1.98. The lowest BCUT2D eigenvalue weighted by Crippen LogP contribution is -2.19. The van der Waals surface area contributed by atoms with Crippen LogP contribution in [0.4, 0.5) is 5.69 Å². The minimum atomic E-state index is -0.217. The van der Waals surface area contributed by atoms with E-state index in [9.17, 15) is 4.79 Å². The van der Waals surface area contributed by atoms with E-state index in [1.54, 1.807) is 17.1 Å². The van der Waals surface area contributed by atoms with E-state index in [4.69, 9.17) is 5.73 Å². The lowest BCUT2D eigenvalue weighted by molar-refractivity contribution is 0.524. The number of hydrogen-bond donors (Lipinski definition) is 2. The largest absolute Gasteiger partial charge is 0.396 e. The lowest BCUT2D eigenvalue weighted by Gasteiger charge is -1.99. The van der Waals surface area contributed by atoms with Gasteiger partial charge in [0.05, 0.1) is 18.4 Å². The van der Waals surface area contributed by atoms with Crippen LogP contribution in [0.5, 0.6) is 0 Å². The number of nitrogens with one attached hydrogen (secondary N) is 1. The van der Waals surface area contributed by atoms with Crippen molar-refractivity contribution < 1.29 is 0 Å². The van der Waals surface area contributed by atoms with E-state index < -0.39 is 0 Å². The molecule has 7 heteroatoms. The predicted molar refractivity (Wildman–Crippen MR) is 49.5 cm³/mol. The SMILES string of the molecule is Nc1cnn(CCn2cn[nH]c2=O)c1. The van der Waals surface area contributed by atoms with Crippen molar-refractivity contribution in [3.63, 3.8) is 0 Å². The Balaban J connectivity index is 2.01. The lowest BCUT2D eigenvalue weighted by atomic mass is 10.6. The van der Waals surface area contributed by atoms with E-state index in [-0.39, 0.29) is 5.69 Å². The molecule has 0 aliphatic rings. The number of anilines is 1. The number of nitrogens with two attached hydrogens (primary N) is 1. The summed E-state index contributed by atoms with van der Waals surface area (Å²) < 4.78 is 3.15. The summed E-state index contributed by atoms with van der Waals surface area (Å²) in [5.74, 6) is 0. The fourth-order valence-corrected chi connectivity index (χ4v) is 1.14. The molecule has 0 saturated heterocycles. The number of aromatic amines is 1. The Hall–Kier alpha value is -2.05. The smallest absolute Gasteiger partial charge is 0.343 e. The van der Waals surface area contributed by atoms with Crippen LogP contribution >= 0.6 is 0 Å². The second-order valence-corrected chi connectivity index (χ2v) is 2.89. The van der Waals surface area contributed by atoms with Crippen LogP contribution in [0.15, 0.2) is 23.5 Å². The molecule has 0 saturated carbocycles. The fourth-order valence-electron chi connectivity index (χ4n) is 1.14. The van der Waals surface area contributed by atoms with Crippen LogP contribution in [0.2, 0.25) is 0 Å². The molecule has 2 aromatic heterocycles. The highest BCUT2D eigenvalue weighted by atomic mass is 16.1. The van der Waals surface area contributed by atoms with Gasteiger partial charge >= 0.3 is 5.69 Å². The number of nitrogen functional groups attached to an aromatic ring is 1. The third kappa shape index (κ3) is 1.65. The quantitative estimate of drug-likeness (QED) is 0.658. The molecule has 0 unspecified atom stereocenters. The first-order valence-electron chi connectivity index (χ1n) is 4.13. The number of aromatic nitrogens is 5. The molecular weight excluding hydrogens is 184 g/mol. The molecule has 0 aromatic carbocycles. The van der Waals surface area contributed by atoms with Gasteiger partial charge in [0.25, 0.3) is 0 Å². The molecule has 0 aliphatic heterocycles. The first kappa shape index (κ1) is 8.54. The van der Waals surface area contributed by atoms with Crippen molar-refractivity contribution >= 4 is 5.69 Å². The van der Waals surface area contributed by atoms with Crippen LogP contribution in [-0.4, -0.2) is 24.5 Å². The molecule has 0 spiro atoms. The van der Waals surface area contributed by atoms with Crippen LogP contribution < -0.4 is 11.4 Å². The first-order chi connectivity index (χ1) is 6.75. The van der Waals surface area contributed by atoms with Gasteiger partial charge in [0, 0.05) is 12.7 Å². The molecule has 0 bridgehead atoms.